The summed E-state index contributed by atoms with van der Waals surface area (Å²) in [5, 5.41) is 15.3. The monoisotopic (exact) mass is 683 g/mol. The van der Waals surface area contributed by atoms with Crippen molar-refractivity contribution in [1.82, 2.24) is 0 Å². The molecule has 1 saturated heterocycles. The van der Waals surface area contributed by atoms with E-state index in [1.165, 1.54) is 0 Å². The third-order valence-electron chi connectivity index (χ3n) is 8.37. The minimum atomic E-state index is -0.587. The van der Waals surface area contributed by atoms with Gasteiger partial charge in [0, 0.05) is 41.2 Å². The number of carbonyl (C=O) groups is 2. The second-order valence-corrected chi connectivity index (χ2v) is 13.1. The minimum Gasteiger partial charge on any atom is -0.496 e. The molecule has 0 aromatic heterocycles. The van der Waals surface area contributed by atoms with Crippen LogP contribution in [0, 0.1) is 0 Å². The lowest BCUT2D eigenvalue weighted by Gasteiger charge is -2.36. The van der Waals surface area contributed by atoms with Crippen molar-refractivity contribution in [2.24, 2.45) is 0 Å². The number of rotatable bonds is 16. The highest BCUT2D eigenvalue weighted by Crippen LogP contribution is 2.40. The number of amides is 2. The third kappa shape index (κ3) is 10.8. The Bertz CT molecular complexity index is 1650. The second-order valence-electron chi connectivity index (χ2n) is 12.0. The van der Waals surface area contributed by atoms with Gasteiger partial charge in [0.25, 0.3) is 0 Å². The van der Waals surface area contributed by atoms with E-state index >= 15 is 0 Å². The van der Waals surface area contributed by atoms with Crippen LogP contribution < -0.4 is 21.1 Å². The highest BCUT2D eigenvalue weighted by atomic mass is 32.2. The number of hydrogen-bond donors (Lipinski definition) is 4. The number of benzene rings is 4. The van der Waals surface area contributed by atoms with Gasteiger partial charge in [0.05, 0.1) is 37.3 Å². The molecule has 2 amide bonds. The first-order valence-corrected chi connectivity index (χ1v) is 17.7. The van der Waals surface area contributed by atoms with Crippen LogP contribution in [0.15, 0.2) is 102 Å². The standard InChI is InChI=1S/C39H45N3O6S/c1-46-34-12-8-9-13-36(34)49-26-31-24-35(28-18-16-27(25-43)17-19-28)48-39(47-31)29-20-22-30(23-21-29)41-37(44)14-4-2-3-5-15-38(45)42-33-11-7-6-10-32(33)40/h6-13,16-23,31,35,39,43H,2-5,14-15,24-26,40H2,1H3,(H,41,44)(H,42,45). The first kappa shape index (κ1) is 35.9. The molecule has 1 aliphatic heterocycles. The molecule has 10 heteroatoms. The number of nitrogens with two attached hydrogens (primary N) is 1. The number of aliphatic hydroxyl groups excluding tert-OH is 1. The summed E-state index contributed by atoms with van der Waals surface area (Å²) in [5.41, 5.74) is 10.5. The molecule has 1 aliphatic rings. The zero-order chi connectivity index (χ0) is 34.4. The average molecular weight is 684 g/mol. The fourth-order valence-electron chi connectivity index (χ4n) is 5.64. The van der Waals surface area contributed by atoms with Crippen LogP contribution in [0.2, 0.25) is 0 Å². The first-order chi connectivity index (χ1) is 23.9. The van der Waals surface area contributed by atoms with Gasteiger partial charge in [-0.15, -0.1) is 11.8 Å². The number of ether oxygens (including phenoxy) is 3. The van der Waals surface area contributed by atoms with E-state index in [1.54, 1.807) is 31.0 Å². The molecular formula is C39H45N3O6S. The number of hydrogen-bond acceptors (Lipinski definition) is 8. The van der Waals surface area contributed by atoms with E-state index in [4.69, 9.17) is 19.9 Å². The van der Waals surface area contributed by atoms with Crippen molar-refractivity contribution in [3.05, 3.63) is 114 Å². The van der Waals surface area contributed by atoms with Crippen LogP contribution in [0.5, 0.6) is 5.75 Å². The molecule has 3 atom stereocenters. The summed E-state index contributed by atoms with van der Waals surface area (Å²) in [6, 6.07) is 30.6. The molecule has 0 aliphatic carbocycles. The Balaban J connectivity index is 1.10. The zero-order valence-electron chi connectivity index (χ0n) is 27.8. The van der Waals surface area contributed by atoms with Crippen LogP contribution in [-0.4, -0.2) is 35.9 Å². The number of nitrogen functional groups attached to an aromatic ring is 1. The Hall–Kier alpha value is -4.35. The SMILES string of the molecule is COc1ccccc1SCC1CC(c2ccc(CO)cc2)OC(c2ccc(NC(=O)CCCCCCC(=O)Nc3ccccc3N)cc2)O1. The fourth-order valence-corrected chi connectivity index (χ4v) is 6.69. The van der Waals surface area contributed by atoms with Gasteiger partial charge in [-0.25, -0.2) is 0 Å². The molecule has 0 bridgehead atoms. The van der Waals surface area contributed by atoms with Crippen molar-refractivity contribution in [3.63, 3.8) is 0 Å². The van der Waals surface area contributed by atoms with Gasteiger partial charge < -0.3 is 35.7 Å². The molecule has 4 aromatic carbocycles. The quantitative estimate of drug-likeness (QED) is 0.0530. The van der Waals surface area contributed by atoms with E-state index in [0.29, 0.717) is 36.3 Å². The molecule has 3 unspecified atom stereocenters. The molecular weight excluding hydrogens is 639 g/mol. The number of para-hydroxylation sites is 3. The molecule has 258 valence electrons. The van der Waals surface area contributed by atoms with Crippen molar-refractivity contribution in [3.8, 4) is 5.75 Å². The maximum Gasteiger partial charge on any atom is 0.224 e. The van der Waals surface area contributed by atoms with Crippen LogP contribution in [0.4, 0.5) is 17.1 Å². The van der Waals surface area contributed by atoms with Crippen LogP contribution in [0.3, 0.4) is 0 Å². The molecule has 1 fully saturated rings. The molecule has 4 aromatic rings. The predicted molar refractivity (Wildman–Crippen MR) is 194 cm³/mol. The normalized spacial score (nSPS) is 17.3. The molecule has 9 nitrogen and oxygen atoms in total. The van der Waals surface area contributed by atoms with Crippen LogP contribution >= 0.6 is 11.8 Å². The topological polar surface area (TPSA) is 132 Å². The van der Waals surface area contributed by atoms with Crippen LogP contribution in [-0.2, 0) is 25.7 Å². The molecule has 5 rings (SSSR count). The van der Waals surface area contributed by atoms with Crippen LogP contribution in [0.1, 0.15) is 74.0 Å². The number of aliphatic hydroxyl groups is 1. The Morgan fingerprint density at radius 2 is 1.47 bits per heavy atom. The highest BCUT2D eigenvalue weighted by molar-refractivity contribution is 7.99. The average Bonchev–Trinajstić information content (AvgIpc) is 3.13. The molecule has 5 N–H and O–H groups in total. The summed E-state index contributed by atoms with van der Waals surface area (Å²) < 4.78 is 18.5. The summed E-state index contributed by atoms with van der Waals surface area (Å²) >= 11 is 1.69. The van der Waals surface area contributed by atoms with Crippen molar-refractivity contribution in [1.29, 1.82) is 0 Å². The van der Waals surface area contributed by atoms with E-state index in [1.807, 2.05) is 84.9 Å². The lowest BCUT2D eigenvalue weighted by atomic mass is 10.0. The highest BCUT2D eigenvalue weighted by Gasteiger charge is 2.32. The van der Waals surface area contributed by atoms with E-state index < -0.39 is 6.29 Å². The minimum absolute atomic E-state index is 0.00912. The maximum absolute atomic E-state index is 12.6. The van der Waals surface area contributed by atoms with Gasteiger partial charge in [0.15, 0.2) is 6.29 Å². The molecule has 1 heterocycles. The number of anilines is 3. The summed E-state index contributed by atoms with van der Waals surface area (Å²) in [6.07, 6.45) is 3.87. The first-order valence-electron chi connectivity index (χ1n) is 16.7. The third-order valence-corrected chi connectivity index (χ3v) is 9.55. The van der Waals surface area contributed by atoms with Crippen LogP contribution in [0.25, 0.3) is 0 Å². The van der Waals surface area contributed by atoms with Gasteiger partial charge in [-0.3, -0.25) is 9.59 Å². The Morgan fingerprint density at radius 1 is 0.816 bits per heavy atom. The van der Waals surface area contributed by atoms with Gasteiger partial charge >= 0.3 is 0 Å². The Labute approximate surface area is 292 Å². The fraction of sp³-hybridized carbons (Fsp3) is 0.333. The number of unbranched alkanes of at least 4 members (excludes halogenated alkanes) is 3. The zero-order valence-corrected chi connectivity index (χ0v) is 28.6. The number of carbonyl (C=O) groups excluding carboxylic acids is 2. The molecule has 49 heavy (non-hydrogen) atoms. The van der Waals surface area contributed by atoms with Crippen molar-refractivity contribution >= 4 is 40.6 Å². The van der Waals surface area contributed by atoms with E-state index in [-0.39, 0.29) is 30.6 Å². The number of thioether (sulfide) groups is 1. The largest absolute Gasteiger partial charge is 0.496 e. The van der Waals surface area contributed by atoms with Gasteiger partial charge in [-0.1, -0.05) is 73.5 Å². The number of methoxy groups -OCH3 is 1. The summed E-state index contributed by atoms with van der Waals surface area (Å²) in [7, 11) is 1.68. The van der Waals surface area contributed by atoms with Crippen molar-refractivity contribution < 1.29 is 28.9 Å². The Morgan fingerprint density at radius 3 is 2.16 bits per heavy atom. The lowest BCUT2D eigenvalue weighted by molar-refractivity contribution is -0.245. The van der Waals surface area contributed by atoms with Gasteiger partial charge in [-0.05, 0) is 60.4 Å². The summed E-state index contributed by atoms with van der Waals surface area (Å²) in [6.45, 7) is -0.00912. The second kappa shape index (κ2) is 18.4. The molecule has 0 radical (unpaired) electrons. The lowest BCUT2D eigenvalue weighted by Crippen LogP contribution is -2.31. The van der Waals surface area contributed by atoms with E-state index in [0.717, 1.165) is 58.8 Å². The van der Waals surface area contributed by atoms with Gasteiger partial charge in [0.1, 0.15) is 5.75 Å². The summed E-state index contributed by atoms with van der Waals surface area (Å²) in [5.74, 6) is 1.45. The Kier molecular flexibility index (Phi) is 13.5. The van der Waals surface area contributed by atoms with E-state index in [9.17, 15) is 14.7 Å². The number of nitrogens with one attached hydrogen (secondary N) is 2. The smallest absolute Gasteiger partial charge is 0.224 e. The molecule has 0 spiro atoms. The molecule has 0 saturated carbocycles. The van der Waals surface area contributed by atoms with E-state index in [2.05, 4.69) is 10.6 Å². The van der Waals surface area contributed by atoms with Gasteiger partial charge in [0.2, 0.25) is 11.8 Å². The predicted octanol–water partition coefficient (Wildman–Crippen LogP) is 8.03. The van der Waals surface area contributed by atoms with Crippen molar-refractivity contribution in [2.75, 3.05) is 29.2 Å². The van der Waals surface area contributed by atoms with Crippen molar-refractivity contribution in [2.45, 2.75) is 74.9 Å². The maximum atomic E-state index is 12.6. The summed E-state index contributed by atoms with van der Waals surface area (Å²) in [4.78, 5) is 25.9. The van der Waals surface area contributed by atoms with Gasteiger partial charge in [-0.2, -0.15) is 0 Å².